The molecule has 0 heterocycles. The van der Waals surface area contributed by atoms with Gasteiger partial charge < -0.3 is 10.1 Å². The van der Waals surface area contributed by atoms with Crippen molar-refractivity contribution < 1.29 is 27.5 Å². The second kappa shape index (κ2) is 7.19. The summed E-state index contributed by atoms with van der Waals surface area (Å²) in [7, 11) is 0. The number of alkyl halides is 3. The number of nitrogens with one attached hydrogen (secondary N) is 1. The molecule has 0 unspecified atom stereocenters. The average molecular weight is 363 g/mol. The normalized spacial score (nSPS) is 15.2. The summed E-state index contributed by atoms with van der Waals surface area (Å²) in [5.74, 6) is -1.31. The van der Waals surface area contributed by atoms with Gasteiger partial charge in [0.05, 0.1) is 11.1 Å². The van der Waals surface area contributed by atoms with Crippen LogP contribution in [0, 0.1) is 0 Å². The fraction of sp³-hybridized carbons (Fsp3) is 0.263. The van der Waals surface area contributed by atoms with Crippen LogP contribution in [0.1, 0.15) is 40.4 Å². The molecule has 1 fully saturated rings. The predicted molar refractivity (Wildman–Crippen MR) is 87.2 cm³/mol. The molecule has 3 rings (SSSR count). The van der Waals surface area contributed by atoms with Crippen molar-refractivity contribution in [1.82, 2.24) is 5.32 Å². The maximum absolute atomic E-state index is 12.6. The zero-order chi connectivity index (χ0) is 18.7. The van der Waals surface area contributed by atoms with E-state index in [4.69, 9.17) is 4.74 Å². The molecular formula is C19H16F3NO3. The lowest BCUT2D eigenvalue weighted by molar-refractivity contribution is -0.137. The molecule has 0 spiro atoms. The quantitative estimate of drug-likeness (QED) is 0.820. The van der Waals surface area contributed by atoms with Gasteiger partial charge in [0, 0.05) is 11.6 Å². The summed E-state index contributed by atoms with van der Waals surface area (Å²) in [5.41, 5.74) is -0.427. The molecule has 2 aromatic rings. The van der Waals surface area contributed by atoms with E-state index in [2.05, 4.69) is 5.32 Å². The van der Waals surface area contributed by atoms with Crippen LogP contribution < -0.4 is 5.32 Å². The second-order valence-corrected chi connectivity index (χ2v) is 6.05. The Morgan fingerprint density at radius 2 is 1.62 bits per heavy atom. The Labute approximate surface area is 148 Å². The van der Waals surface area contributed by atoms with Crippen LogP contribution in [0.2, 0.25) is 0 Å². The summed E-state index contributed by atoms with van der Waals surface area (Å²) in [6.45, 7) is 0. The summed E-state index contributed by atoms with van der Waals surface area (Å²) in [6, 6.07) is 12.2. The van der Waals surface area contributed by atoms with Crippen LogP contribution in [-0.2, 0) is 15.7 Å². The van der Waals surface area contributed by atoms with Crippen LogP contribution in [-0.4, -0.2) is 17.9 Å². The molecule has 136 valence electrons. The van der Waals surface area contributed by atoms with E-state index in [9.17, 15) is 22.8 Å². The van der Waals surface area contributed by atoms with Crippen LogP contribution in [0.25, 0.3) is 0 Å². The highest BCUT2D eigenvalue weighted by atomic mass is 19.4. The third kappa shape index (κ3) is 4.41. The fourth-order valence-electron chi connectivity index (χ4n) is 2.38. The van der Waals surface area contributed by atoms with Gasteiger partial charge >= 0.3 is 12.1 Å². The zero-order valence-corrected chi connectivity index (χ0v) is 13.6. The lowest BCUT2D eigenvalue weighted by Gasteiger charge is -2.18. The highest BCUT2D eigenvalue weighted by molar-refractivity contribution is 5.92. The van der Waals surface area contributed by atoms with E-state index in [1.54, 1.807) is 30.3 Å². The Morgan fingerprint density at radius 3 is 2.15 bits per heavy atom. The van der Waals surface area contributed by atoms with Crippen molar-refractivity contribution in [2.24, 2.45) is 0 Å². The Bertz CT molecular complexity index is 784. The van der Waals surface area contributed by atoms with Gasteiger partial charge in [-0.1, -0.05) is 30.3 Å². The lowest BCUT2D eigenvalue weighted by Crippen LogP contribution is -2.33. The van der Waals surface area contributed by atoms with Crippen molar-refractivity contribution >= 4 is 11.9 Å². The van der Waals surface area contributed by atoms with E-state index in [0.717, 1.165) is 37.1 Å². The smallest absolute Gasteiger partial charge is 0.416 e. The van der Waals surface area contributed by atoms with Gasteiger partial charge in [0.1, 0.15) is 0 Å². The van der Waals surface area contributed by atoms with E-state index in [1.165, 1.54) is 0 Å². The maximum Gasteiger partial charge on any atom is 0.416 e. The van der Waals surface area contributed by atoms with Crippen LogP contribution in [0.4, 0.5) is 13.2 Å². The van der Waals surface area contributed by atoms with Crippen LogP contribution in [0.3, 0.4) is 0 Å². The highest BCUT2D eigenvalue weighted by Crippen LogP contribution is 2.29. The molecule has 0 aromatic heterocycles. The Hall–Kier alpha value is -2.83. The Kier molecular flexibility index (Phi) is 4.97. The summed E-state index contributed by atoms with van der Waals surface area (Å²) in [4.78, 5) is 24.7. The van der Waals surface area contributed by atoms with Crippen molar-refractivity contribution in [1.29, 1.82) is 0 Å². The molecule has 0 aliphatic heterocycles. The van der Waals surface area contributed by atoms with Crippen molar-refractivity contribution in [3.8, 4) is 0 Å². The fourth-order valence-corrected chi connectivity index (χ4v) is 2.38. The molecule has 1 N–H and O–H groups in total. The molecule has 0 saturated heterocycles. The minimum absolute atomic E-state index is 0.0573. The number of halogens is 3. The molecule has 1 amide bonds. The number of carbonyl (C=O) groups is 2. The summed E-state index contributed by atoms with van der Waals surface area (Å²) in [6.07, 6.45) is -3.90. The van der Waals surface area contributed by atoms with Crippen LogP contribution >= 0.6 is 0 Å². The number of hydrogen-bond acceptors (Lipinski definition) is 3. The SMILES string of the molecule is O=C(O[C@H](C(=O)NC1CC1)c1ccccc1)c1ccc(C(F)(F)F)cc1. The predicted octanol–water partition coefficient (Wildman–Crippen LogP) is 3.88. The third-order valence-electron chi connectivity index (χ3n) is 3.94. The van der Waals surface area contributed by atoms with E-state index < -0.39 is 29.7 Å². The topological polar surface area (TPSA) is 55.4 Å². The first-order valence-corrected chi connectivity index (χ1v) is 8.08. The molecule has 7 heteroatoms. The number of hydrogen-bond donors (Lipinski definition) is 1. The van der Waals surface area contributed by atoms with Crippen molar-refractivity contribution in [2.75, 3.05) is 0 Å². The van der Waals surface area contributed by atoms with Gasteiger partial charge in [-0.05, 0) is 37.1 Å². The van der Waals surface area contributed by atoms with Gasteiger partial charge in [-0.3, -0.25) is 4.79 Å². The average Bonchev–Trinajstić information content (AvgIpc) is 3.43. The summed E-state index contributed by atoms with van der Waals surface area (Å²) >= 11 is 0. The standard InChI is InChI=1S/C19H16F3NO3/c20-19(21,22)14-8-6-13(7-9-14)18(25)26-16(12-4-2-1-3-5-12)17(24)23-15-10-11-15/h1-9,15-16H,10-11H2,(H,23,24)/t16-/m0/s1. The number of benzene rings is 2. The first-order valence-electron chi connectivity index (χ1n) is 8.08. The largest absolute Gasteiger partial charge is 0.444 e. The minimum Gasteiger partial charge on any atom is -0.444 e. The van der Waals surface area contributed by atoms with E-state index >= 15 is 0 Å². The molecule has 1 atom stereocenters. The molecule has 1 saturated carbocycles. The molecule has 0 bridgehead atoms. The van der Waals surface area contributed by atoms with Crippen molar-refractivity contribution in [3.63, 3.8) is 0 Å². The van der Waals surface area contributed by atoms with Crippen LogP contribution in [0.5, 0.6) is 0 Å². The van der Waals surface area contributed by atoms with Crippen molar-refractivity contribution in [3.05, 3.63) is 71.3 Å². The van der Waals surface area contributed by atoms with E-state index in [1.807, 2.05) is 0 Å². The van der Waals surface area contributed by atoms with Gasteiger partial charge in [0.25, 0.3) is 5.91 Å². The molecule has 2 aromatic carbocycles. The van der Waals surface area contributed by atoms with Gasteiger partial charge in [0.2, 0.25) is 6.10 Å². The molecule has 1 aliphatic carbocycles. The molecular weight excluding hydrogens is 347 g/mol. The molecule has 1 aliphatic rings. The lowest BCUT2D eigenvalue weighted by atomic mass is 10.1. The summed E-state index contributed by atoms with van der Waals surface area (Å²) in [5, 5.41) is 2.77. The summed E-state index contributed by atoms with van der Waals surface area (Å²) < 4.78 is 43.2. The number of amides is 1. The number of rotatable bonds is 5. The monoisotopic (exact) mass is 363 g/mol. The van der Waals surface area contributed by atoms with E-state index in [-0.39, 0.29) is 11.6 Å². The highest BCUT2D eigenvalue weighted by Gasteiger charge is 2.32. The van der Waals surface area contributed by atoms with E-state index in [0.29, 0.717) is 5.56 Å². The van der Waals surface area contributed by atoms with Crippen LogP contribution in [0.15, 0.2) is 54.6 Å². The van der Waals surface area contributed by atoms with Gasteiger partial charge in [-0.25, -0.2) is 4.79 Å². The third-order valence-corrected chi connectivity index (χ3v) is 3.94. The Balaban J connectivity index is 1.77. The zero-order valence-electron chi connectivity index (χ0n) is 13.6. The number of ether oxygens (including phenoxy) is 1. The molecule has 0 radical (unpaired) electrons. The first kappa shape index (κ1) is 18.0. The molecule has 26 heavy (non-hydrogen) atoms. The molecule has 4 nitrogen and oxygen atoms in total. The van der Waals surface area contributed by atoms with Gasteiger partial charge in [-0.2, -0.15) is 13.2 Å². The van der Waals surface area contributed by atoms with Gasteiger partial charge in [0.15, 0.2) is 0 Å². The Morgan fingerprint density at radius 1 is 1.00 bits per heavy atom. The second-order valence-electron chi connectivity index (χ2n) is 6.05. The number of esters is 1. The minimum atomic E-state index is -4.49. The number of carbonyl (C=O) groups excluding carboxylic acids is 2. The van der Waals surface area contributed by atoms with Gasteiger partial charge in [-0.15, -0.1) is 0 Å². The first-order chi connectivity index (χ1) is 12.3. The maximum atomic E-state index is 12.6. The van der Waals surface area contributed by atoms with Crippen molar-refractivity contribution in [2.45, 2.75) is 31.2 Å².